The Balaban J connectivity index is 2.06. The second-order valence-electron chi connectivity index (χ2n) is 8.62. The van der Waals surface area contributed by atoms with Crippen molar-refractivity contribution in [1.82, 2.24) is 0 Å². The molecule has 1 aliphatic heterocycles. The number of ether oxygens (including phenoxy) is 4. The Morgan fingerprint density at radius 1 is 1.16 bits per heavy atom. The third-order valence-electron chi connectivity index (χ3n) is 5.02. The van der Waals surface area contributed by atoms with Crippen LogP contribution < -0.4 is 14.2 Å². The lowest BCUT2D eigenvalue weighted by atomic mass is 10.0. The van der Waals surface area contributed by atoms with Crippen molar-refractivity contribution in [2.75, 3.05) is 13.7 Å². The standard InChI is InChI=1S/C26H32O5/c1-16(2)7-8-19-9-10-21-23(25(19)28-6)26(27)30-15-20-13-18(5)14-22(24(20)31-21)29-12-11-17(3)4/h7-10,13-14,16-17H,11-12,15H2,1-6H3. The molecule has 0 unspecified atom stereocenters. The van der Waals surface area contributed by atoms with Gasteiger partial charge in [0.1, 0.15) is 23.7 Å². The number of carbonyl (C=O) groups is 1. The van der Waals surface area contributed by atoms with Crippen LogP contribution in [0.25, 0.3) is 6.08 Å². The first kappa shape index (κ1) is 22.7. The van der Waals surface area contributed by atoms with E-state index >= 15 is 0 Å². The van der Waals surface area contributed by atoms with E-state index in [1.807, 2.05) is 31.2 Å². The maximum absolute atomic E-state index is 12.9. The predicted octanol–water partition coefficient (Wildman–Crippen LogP) is 6.56. The van der Waals surface area contributed by atoms with Crippen LogP contribution in [0.15, 0.2) is 30.3 Å². The number of methoxy groups -OCH3 is 1. The van der Waals surface area contributed by atoms with E-state index in [-0.39, 0.29) is 12.2 Å². The zero-order chi connectivity index (χ0) is 22.5. The van der Waals surface area contributed by atoms with Gasteiger partial charge in [-0.3, -0.25) is 0 Å². The molecule has 0 radical (unpaired) electrons. The molecule has 0 spiro atoms. The van der Waals surface area contributed by atoms with E-state index in [4.69, 9.17) is 18.9 Å². The summed E-state index contributed by atoms with van der Waals surface area (Å²) in [6.45, 7) is 11.2. The van der Waals surface area contributed by atoms with E-state index in [1.165, 1.54) is 0 Å². The molecular formula is C26H32O5. The topological polar surface area (TPSA) is 54.0 Å². The van der Waals surface area contributed by atoms with Gasteiger partial charge in [-0.25, -0.2) is 4.79 Å². The van der Waals surface area contributed by atoms with E-state index in [9.17, 15) is 4.79 Å². The van der Waals surface area contributed by atoms with E-state index in [1.54, 1.807) is 13.2 Å². The quantitative estimate of drug-likeness (QED) is 0.471. The second kappa shape index (κ2) is 9.90. The molecule has 5 nitrogen and oxygen atoms in total. The molecule has 0 atom stereocenters. The van der Waals surface area contributed by atoms with E-state index in [0.717, 1.165) is 23.1 Å². The number of rotatable bonds is 7. The number of allylic oxidation sites excluding steroid dienone is 1. The number of cyclic esters (lactones) is 1. The van der Waals surface area contributed by atoms with Crippen molar-refractivity contribution in [3.05, 3.63) is 52.6 Å². The molecule has 0 amide bonds. The van der Waals surface area contributed by atoms with Gasteiger partial charge in [0.2, 0.25) is 0 Å². The Bertz CT molecular complexity index is 972. The van der Waals surface area contributed by atoms with Gasteiger partial charge < -0.3 is 18.9 Å². The summed E-state index contributed by atoms with van der Waals surface area (Å²) in [7, 11) is 1.55. The van der Waals surface area contributed by atoms with Gasteiger partial charge in [0.05, 0.1) is 13.7 Å². The van der Waals surface area contributed by atoms with Crippen LogP contribution in [0.1, 0.15) is 61.2 Å². The minimum Gasteiger partial charge on any atom is -0.495 e. The molecule has 31 heavy (non-hydrogen) atoms. The van der Waals surface area contributed by atoms with Crippen LogP contribution in [0, 0.1) is 18.8 Å². The minimum atomic E-state index is -0.471. The van der Waals surface area contributed by atoms with Crippen molar-refractivity contribution in [1.29, 1.82) is 0 Å². The largest absolute Gasteiger partial charge is 0.495 e. The summed E-state index contributed by atoms with van der Waals surface area (Å²) < 4.78 is 23.6. The number of hydrogen-bond donors (Lipinski definition) is 0. The first-order chi connectivity index (χ1) is 14.8. The Morgan fingerprint density at radius 3 is 2.61 bits per heavy atom. The van der Waals surface area contributed by atoms with Gasteiger partial charge in [-0.15, -0.1) is 0 Å². The summed E-state index contributed by atoms with van der Waals surface area (Å²) in [6, 6.07) is 7.59. The zero-order valence-electron chi connectivity index (χ0n) is 19.3. The van der Waals surface area contributed by atoms with Gasteiger partial charge in [-0.05, 0) is 55.0 Å². The second-order valence-corrected chi connectivity index (χ2v) is 8.62. The molecule has 0 fully saturated rings. The molecule has 166 valence electrons. The fourth-order valence-electron chi connectivity index (χ4n) is 3.38. The van der Waals surface area contributed by atoms with Crippen LogP contribution in [-0.4, -0.2) is 19.7 Å². The van der Waals surface area contributed by atoms with E-state index in [0.29, 0.717) is 41.4 Å². The molecular weight excluding hydrogens is 392 g/mol. The summed E-state index contributed by atoms with van der Waals surface area (Å²) >= 11 is 0. The molecule has 0 bridgehead atoms. The summed E-state index contributed by atoms with van der Waals surface area (Å²) in [5, 5.41) is 0. The summed E-state index contributed by atoms with van der Waals surface area (Å²) in [4.78, 5) is 12.9. The number of aryl methyl sites for hydroxylation is 1. The first-order valence-corrected chi connectivity index (χ1v) is 10.8. The molecule has 0 aliphatic carbocycles. The molecule has 0 aromatic heterocycles. The number of fused-ring (bicyclic) bond motifs is 2. The molecule has 3 rings (SSSR count). The Labute approximate surface area is 185 Å². The lowest BCUT2D eigenvalue weighted by molar-refractivity contribution is 0.0454. The highest BCUT2D eigenvalue weighted by molar-refractivity contribution is 5.97. The van der Waals surface area contributed by atoms with Crippen LogP contribution in [0.5, 0.6) is 23.0 Å². The van der Waals surface area contributed by atoms with Crippen LogP contribution >= 0.6 is 0 Å². The molecule has 2 aromatic carbocycles. The van der Waals surface area contributed by atoms with Crippen molar-refractivity contribution >= 4 is 12.0 Å². The van der Waals surface area contributed by atoms with Crippen molar-refractivity contribution in [2.24, 2.45) is 11.8 Å². The van der Waals surface area contributed by atoms with Crippen molar-refractivity contribution in [2.45, 2.75) is 47.6 Å². The normalized spacial score (nSPS) is 13.4. The Morgan fingerprint density at radius 2 is 1.94 bits per heavy atom. The van der Waals surface area contributed by atoms with Gasteiger partial charge in [-0.2, -0.15) is 0 Å². The highest BCUT2D eigenvalue weighted by Crippen LogP contribution is 2.43. The van der Waals surface area contributed by atoms with E-state index in [2.05, 4.69) is 33.8 Å². The van der Waals surface area contributed by atoms with Crippen molar-refractivity contribution in [3.63, 3.8) is 0 Å². The molecule has 2 aromatic rings. The van der Waals surface area contributed by atoms with Crippen molar-refractivity contribution in [3.8, 4) is 23.0 Å². The molecule has 0 saturated carbocycles. The third kappa shape index (κ3) is 5.40. The summed E-state index contributed by atoms with van der Waals surface area (Å²) in [5.74, 6) is 2.50. The van der Waals surface area contributed by atoms with Crippen LogP contribution in [0.2, 0.25) is 0 Å². The molecule has 1 aliphatic rings. The van der Waals surface area contributed by atoms with Crippen LogP contribution in [0.4, 0.5) is 0 Å². The SMILES string of the molecule is COc1c(C=CC(C)C)ccc2c1C(=O)OCc1cc(C)cc(OCCC(C)C)c1O2. The number of esters is 1. The van der Waals surface area contributed by atoms with Gasteiger partial charge in [0.15, 0.2) is 11.5 Å². The minimum absolute atomic E-state index is 0.102. The van der Waals surface area contributed by atoms with Crippen LogP contribution in [-0.2, 0) is 11.3 Å². The van der Waals surface area contributed by atoms with Gasteiger partial charge in [0, 0.05) is 11.1 Å². The molecule has 0 saturated heterocycles. The zero-order valence-corrected chi connectivity index (χ0v) is 19.3. The van der Waals surface area contributed by atoms with Gasteiger partial charge in [-0.1, -0.05) is 39.8 Å². The Hall–Kier alpha value is -2.95. The monoisotopic (exact) mass is 424 g/mol. The average Bonchev–Trinajstić information content (AvgIpc) is 2.70. The average molecular weight is 425 g/mol. The fraction of sp³-hybridized carbons (Fsp3) is 0.423. The lowest BCUT2D eigenvalue weighted by Crippen LogP contribution is -2.14. The van der Waals surface area contributed by atoms with Gasteiger partial charge >= 0.3 is 5.97 Å². The van der Waals surface area contributed by atoms with E-state index < -0.39 is 5.97 Å². The number of carbonyl (C=O) groups excluding carboxylic acids is 1. The Kier molecular flexibility index (Phi) is 7.26. The highest BCUT2D eigenvalue weighted by Gasteiger charge is 2.28. The van der Waals surface area contributed by atoms with Crippen LogP contribution in [0.3, 0.4) is 0 Å². The molecule has 1 heterocycles. The smallest absolute Gasteiger partial charge is 0.346 e. The molecule has 0 N–H and O–H groups in total. The maximum atomic E-state index is 12.9. The lowest BCUT2D eigenvalue weighted by Gasteiger charge is -2.23. The molecule has 5 heteroatoms. The third-order valence-corrected chi connectivity index (χ3v) is 5.02. The van der Waals surface area contributed by atoms with Crippen molar-refractivity contribution < 1.29 is 23.7 Å². The highest BCUT2D eigenvalue weighted by atomic mass is 16.6. The number of benzene rings is 2. The first-order valence-electron chi connectivity index (χ1n) is 10.8. The predicted molar refractivity (Wildman–Crippen MR) is 122 cm³/mol. The van der Waals surface area contributed by atoms with Gasteiger partial charge in [0.25, 0.3) is 0 Å². The number of hydrogen-bond acceptors (Lipinski definition) is 5. The summed E-state index contributed by atoms with van der Waals surface area (Å²) in [6.07, 6.45) is 4.94. The summed E-state index contributed by atoms with van der Waals surface area (Å²) in [5.41, 5.74) is 2.88. The fourth-order valence-corrected chi connectivity index (χ4v) is 3.38. The maximum Gasteiger partial charge on any atom is 0.346 e.